The number of carbonyl (C=O) groups excluding carboxylic acids is 3. The average Bonchev–Trinajstić information content (AvgIpc) is 3.22. The first kappa shape index (κ1) is 17.0. The van der Waals surface area contributed by atoms with E-state index in [1.165, 1.54) is 0 Å². The second-order valence-electron chi connectivity index (χ2n) is 7.02. The number of amides is 3. The summed E-state index contributed by atoms with van der Waals surface area (Å²) in [5.41, 5.74) is -0.803. The van der Waals surface area contributed by atoms with Crippen molar-refractivity contribution < 1.29 is 19.1 Å². The zero-order chi connectivity index (χ0) is 17.2. The molecule has 7 heteroatoms. The number of carbonyl (C=O) groups is 3. The second kappa shape index (κ2) is 6.99. The van der Waals surface area contributed by atoms with Crippen molar-refractivity contribution in [1.82, 2.24) is 15.1 Å². The highest BCUT2D eigenvalue weighted by molar-refractivity contribution is 6.08. The lowest BCUT2D eigenvalue weighted by Crippen LogP contribution is -2.51. The molecule has 0 unspecified atom stereocenters. The van der Waals surface area contributed by atoms with Gasteiger partial charge in [0.25, 0.3) is 0 Å². The molecule has 0 radical (unpaired) electrons. The van der Waals surface area contributed by atoms with Crippen LogP contribution in [-0.4, -0.2) is 66.5 Å². The Balaban J connectivity index is 1.49. The van der Waals surface area contributed by atoms with Gasteiger partial charge in [-0.3, -0.25) is 9.59 Å². The topological polar surface area (TPSA) is 79.0 Å². The van der Waals surface area contributed by atoms with Gasteiger partial charge in [0.2, 0.25) is 11.8 Å². The molecule has 1 N–H and O–H groups in total. The highest BCUT2D eigenvalue weighted by atomic mass is 16.6. The van der Waals surface area contributed by atoms with Gasteiger partial charge in [-0.25, -0.2) is 4.79 Å². The van der Waals surface area contributed by atoms with Crippen LogP contribution < -0.4 is 5.32 Å². The van der Waals surface area contributed by atoms with Crippen LogP contribution in [0.3, 0.4) is 0 Å². The Morgan fingerprint density at radius 2 is 1.67 bits per heavy atom. The van der Waals surface area contributed by atoms with Gasteiger partial charge in [-0.15, -0.1) is 0 Å². The van der Waals surface area contributed by atoms with Crippen molar-refractivity contribution in [3.63, 3.8) is 0 Å². The first-order valence-electron chi connectivity index (χ1n) is 9.09. The van der Waals surface area contributed by atoms with E-state index in [1.54, 1.807) is 11.8 Å². The smallest absolute Gasteiger partial charge is 0.409 e. The summed E-state index contributed by atoms with van der Waals surface area (Å²) in [7, 11) is 0. The maximum atomic E-state index is 12.6. The molecule has 0 aromatic heterocycles. The van der Waals surface area contributed by atoms with Gasteiger partial charge in [-0.1, -0.05) is 0 Å². The minimum atomic E-state index is -0.803. The molecule has 134 valence electrons. The Bertz CT molecular complexity index is 504. The molecule has 2 heterocycles. The monoisotopic (exact) mass is 337 g/mol. The largest absolute Gasteiger partial charge is 0.450 e. The fourth-order valence-electron chi connectivity index (χ4n) is 3.63. The average molecular weight is 337 g/mol. The Kier molecular flexibility index (Phi) is 4.96. The minimum Gasteiger partial charge on any atom is -0.450 e. The number of nitrogens with one attached hydrogen (secondary N) is 1. The van der Waals surface area contributed by atoms with E-state index in [0.717, 1.165) is 25.9 Å². The van der Waals surface area contributed by atoms with Crippen LogP contribution in [0.5, 0.6) is 0 Å². The Labute approximate surface area is 142 Å². The maximum Gasteiger partial charge on any atom is 0.409 e. The normalized spacial score (nSPS) is 23.0. The maximum absolute atomic E-state index is 12.6. The van der Waals surface area contributed by atoms with E-state index in [1.807, 2.05) is 4.90 Å². The van der Waals surface area contributed by atoms with Crippen LogP contribution in [0, 0.1) is 5.41 Å². The number of likely N-dealkylation sites (tertiary alicyclic amines) is 2. The molecule has 1 saturated carbocycles. The van der Waals surface area contributed by atoms with E-state index in [2.05, 4.69) is 5.32 Å². The van der Waals surface area contributed by atoms with Gasteiger partial charge in [0.05, 0.1) is 6.61 Å². The van der Waals surface area contributed by atoms with Crippen LogP contribution in [-0.2, 0) is 14.3 Å². The van der Waals surface area contributed by atoms with Gasteiger partial charge < -0.3 is 19.9 Å². The Morgan fingerprint density at radius 1 is 1.04 bits per heavy atom. The third-order valence-electron chi connectivity index (χ3n) is 5.34. The molecule has 7 nitrogen and oxygen atoms in total. The molecule has 3 aliphatic rings. The van der Waals surface area contributed by atoms with E-state index in [4.69, 9.17) is 4.74 Å². The van der Waals surface area contributed by atoms with E-state index in [-0.39, 0.29) is 23.9 Å². The predicted octanol–water partition coefficient (Wildman–Crippen LogP) is 1.13. The van der Waals surface area contributed by atoms with Crippen molar-refractivity contribution >= 4 is 17.9 Å². The summed E-state index contributed by atoms with van der Waals surface area (Å²) in [6.07, 6.45) is 4.53. The highest BCUT2D eigenvalue weighted by Crippen LogP contribution is 2.48. The van der Waals surface area contributed by atoms with Gasteiger partial charge in [0, 0.05) is 32.2 Å². The molecule has 0 atom stereocenters. The first-order valence-corrected chi connectivity index (χ1v) is 9.09. The third-order valence-corrected chi connectivity index (χ3v) is 5.34. The molecule has 0 aromatic rings. The fourth-order valence-corrected chi connectivity index (χ4v) is 3.63. The summed E-state index contributed by atoms with van der Waals surface area (Å²) < 4.78 is 5.00. The molecule has 0 aromatic carbocycles. The number of nitrogens with zero attached hydrogens (tertiary/aromatic N) is 2. The lowest BCUT2D eigenvalue weighted by molar-refractivity contribution is -0.143. The predicted molar refractivity (Wildman–Crippen MR) is 87.2 cm³/mol. The summed E-state index contributed by atoms with van der Waals surface area (Å²) in [5, 5.41) is 3.05. The van der Waals surface area contributed by atoms with Crippen LogP contribution in [0.25, 0.3) is 0 Å². The Hall–Kier alpha value is -1.79. The van der Waals surface area contributed by atoms with E-state index < -0.39 is 5.41 Å². The molecule has 24 heavy (non-hydrogen) atoms. The third kappa shape index (κ3) is 3.35. The molecule has 0 bridgehead atoms. The lowest BCUT2D eigenvalue weighted by Gasteiger charge is -2.32. The lowest BCUT2D eigenvalue weighted by atomic mass is 10.0. The van der Waals surface area contributed by atoms with Gasteiger partial charge in [-0.2, -0.15) is 0 Å². The molecule has 1 aliphatic carbocycles. The molecule has 3 rings (SSSR count). The minimum absolute atomic E-state index is 0.0152. The fraction of sp³-hybridized carbons (Fsp3) is 0.824. The van der Waals surface area contributed by atoms with Crippen LogP contribution in [0.2, 0.25) is 0 Å². The second-order valence-corrected chi connectivity index (χ2v) is 7.02. The molecule has 0 spiro atoms. The van der Waals surface area contributed by atoms with Crippen molar-refractivity contribution in [3.8, 4) is 0 Å². The Morgan fingerprint density at radius 3 is 2.21 bits per heavy atom. The molecular weight excluding hydrogens is 310 g/mol. The summed E-state index contributed by atoms with van der Waals surface area (Å²) in [6, 6.07) is 0.0343. The first-order chi connectivity index (χ1) is 11.6. The highest BCUT2D eigenvalue weighted by Gasteiger charge is 2.58. The van der Waals surface area contributed by atoms with Crippen molar-refractivity contribution in [3.05, 3.63) is 0 Å². The SMILES string of the molecule is CCOC(=O)N1CCC(NC(=O)C2(C(=O)N3CCCC3)CC2)CC1. The van der Waals surface area contributed by atoms with Gasteiger partial charge in [-0.05, 0) is 45.4 Å². The number of piperidine rings is 1. The van der Waals surface area contributed by atoms with Crippen molar-refractivity contribution in [2.75, 3.05) is 32.8 Å². The van der Waals surface area contributed by atoms with E-state index in [9.17, 15) is 14.4 Å². The quantitative estimate of drug-likeness (QED) is 0.780. The van der Waals surface area contributed by atoms with Gasteiger partial charge in [0.1, 0.15) is 5.41 Å². The van der Waals surface area contributed by atoms with E-state index >= 15 is 0 Å². The van der Waals surface area contributed by atoms with Crippen LogP contribution in [0.1, 0.15) is 45.4 Å². The summed E-state index contributed by atoms with van der Waals surface area (Å²) in [4.78, 5) is 40.5. The van der Waals surface area contributed by atoms with Crippen LogP contribution >= 0.6 is 0 Å². The van der Waals surface area contributed by atoms with E-state index in [0.29, 0.717) is 45.4 Å². The van der Waals surface area contributed by atoms with Crippen molar-refractivity contribution in [2.45, 2.75) is 51.5 Å². The summed E-state index contributed by atoms with van der Waals surface area (Å²) in [5.74, 6) is -0.101. The summed E-state index contributed by atoms with van der Waals surface area (Å²) >= 11 is 0. The molecule has 3 amide bonds. The van der Waals surface area contributed by atoms with Crippen molar-refractivity contribution in [2.24, 2.45) is 5.41 Å². The number of hydrogen-bond acceptors (Lipinski definition) is 4. The number of rotatable bonds is 4. The zero-order valence-corrected chi connectivity index (χ0v) is 14.4. The molecule has 2 saturated heterocycles. The summed E-state index contributed by atoms with van der Waals surface area (Å²) in [6.45, 7) is 4.89. The zero-order valence-electron chi connectivity index (χ0n) is 14.4. The molecular formula is C17H27N3O4. The van der Waals surface area contributed by atoms with Crippen LogP contribution in [0.4, 0.5) is 4.79 Å². The molecule has 2 aliphatic heterocycles. The van der Waals surface area contributed by atoms with Gasteiger partial charge >= 0.3 is 6.09 Å². The number of hydrogen-bond donors (Lipinski definition) is 1. The molecule has 3 fully saturated rings. The van der Waals surface area contributed by atoms with Gasteiger partial charge in [0.15, 0.2) is 0 Å². The van der Waals surface area contributed by atoms with Crippen LogP contribution in [0.15, 0.2) is 0 Å². The number of ether oxygens (including phenoxy) is 1. The standard InChI is InChI=1S/C17H27N3O4/c1-2-24-16(23)20-11-5-13(6-12-20)18-14(21)17(7-8-17)15(22)19-9-3-4-10-19/h13H,2-12H2,1H3,(H,18,21). The van der Waals surface area contributed by atoms with Crippen molar-refractivity contribution in [1.29, 1.82) is 0 Å².